The van der Waals surface area contributed by atoms with E-state index in [9.17, 15) is 17.2 Å². The van der Waals surface area contributed by atoms with Gasteiger partial charge in [0.1, 0.15) is 6.10 Å². The van der Waals surface area contributed by atoms with Crippen LogP contribution < -0.4 is 9.44 Å². The van der Waals surface area contributed by atoms with E-state index < -0.39 is 29.3 Å². The second kappa shape index (κ2) is 5.54. The summed E-state index contributed by atoms with van der Waals surface area (Å²) in [7, 11) is -3.80. The number of alkyl halides is 2. The van der Waals surface area contributed by atoms with Gasteiger partial charge in [-0.15, -0.1) is 0 Å². The van der Waals surface area contributed by atoms with E-state index in [2.05, 4.69) is 4.72 Å². The van der Waals surface area contributed by atoms with E-state index in [-0.39, 0.29) is 6.04 Å². The quantitative estimate of drug-likeness (QED) is 0.574. The van der Waals surface area contributed by atoms with Crippen molar-refractivity contribution >= 4 is 10.2 Å². The van der Waals surface area contributed by atoms with Gasteiger partial charge in [0, 0.05) is 12.6 Å². The van der Waals surface area contributed by atoms with E-state index in [0.717, 1.165) is 0 Å². The highest BCUT2D eigenvalue weighted by molar-refractivity contribution is 7.87. The highest BCUT2D eigenvalue weighted by Crippen LogP contribution is 1.98. The molecular formula is C6H14F2N2O3S. The molecule has 3 N–H and O–H groups in total. The monoisotopic (exact) mass is 232 g/mol. The topological polar surface area (TPSA) is 78.4 Å². The third-order valence-electron chi connectivity index (χ3n) is 1.16. The van der Waals surface area contributed by atoms with Gasteiger partial charge >= 0.3 is 0 Å². The number of hydrogen-bond donors (Lipinski definition) is 3. The predicted molar refractivity (Wildman–Crippen MR) is 47.2 cm³/mol. The van der Waals surface area contributed by atoms with Gasteiger partial charge in [-0.25, -0.2) is 8.78 Å². The van der Waals surface area contributed by atoms with Crippen molar-refractivity contribution in [3.63, 3.8) is 0 Å². The first kappa shape index (κ1) is 13.7. The molecule has 0 aliphatic carbocycles. The van der Waals surface area contributed by atoms with Gasteiger partial charge in [0.05, 0.1) is 0 Å². The summed E-state index contributed by atoms with van der Waals surface area (Å²) in [5.74, 6) is 0. The van der Waals surface area contributed by atoms with Gasteiger partial charge in [0.25, 0.3) is 16.6 Å². The Morgan fingerprint density at radius 3 is 2.21 bits per heavy atom. The maximum Gasteiger partial charge on any atom is 0.277 e. The summed E-state index contributed by atoms with van der Waals surface area (Å²) in [6, 6.07) is -0.337. The van der Waals surface area contributed by atoms with Gasteiger partial charge in [0.15, 0.2) is 0 Å². The third kappa shape index (κ3) is 6.19. The molecule has 0 aliphatic heterocycles. The Hall–Kier alpha value is -0.310. The molecule has 1 atom stereocenters. The summed E-state index contributed by atoms with van der Waals surface area (Å²) in [5, 5.41) is 8.62. The number of nitrogens with one attached hydrogen (secondary N) is 2. The lowest BCUT2D eigenvalue weighted by atomic mass is 10.4. The number of rotatable bonds is 6. The zero-order valence-electron chi connectivity index (χ0n) is 7.87. The van der Waals surface area contributed by atoms with Gasteiger partial charge in [-0.3, -0.25) is 0 Å². The van der Waals surface area contributed by atoms with E-state index in [0.29, 0.717) is 0 Å². The van der Waals surface area contributed by atoms with Crippen LogP contribution >= 0.6 is 0 Å². The van der Waals surface area contributed by atoms with Gasteiger partial charge < -0.3 is 5.11 Å². The van der Waals surface area contributed by atoms with Crippen molar-refractivity contribution in [2.45, 2.75) is 32.4 Å². The molecule has 8 heteroatoms. The Bertz CT molecular complexity index is 256. The van der Waals surface area contributed by atoms with Crippen molar-refractivity contribution in [1.82, 2.24) is 9.44 Å². The van der Waals surface area contributed by atoms with Crippen molar-refractivity contribution in [2.75, 3.05) is 6.54 Å². The van der Waals surface area contributed by atoms with Gasteiger partial charge in [-0.2, -0.15) is 17.9 Å². The zero-order chi connectivity index (χ0) is 11.4. The van der Waals surface area contributed by atoms with Crippen molar-refractivity contribution in [1.29, 1.82) is 0 Å². The van der Waals surface area contributed by atoms with E-state index in [1.807, 2.05) is 0 Å². The lowest BCUT2D eigenvalue weighted by molar-refractivity contribution is -0.000493. The maximum absolute atomic E-state index is 11.8. The Labute approximate surface area is 81.7 Å². The van der Waals surface area contributed by atoms with Crippen LogP contribution in [0, 0.1) is 0 Å². The highest BCUT2D eigenvalue weighted by atomic mass is 32.2. The van der Waals surface area contributed by atoms with E-state index >= 15 is 0 Å². The standard InChI is InChI=1S/C6H14F2N2O3S/c1-4(2)10-14(12,13)9-3-5(11)6(7)8/h4-6,9-11H,3H2,1-2H3. The summed E-state index contributed by atoms with van der Waals surface area (Å²) in [6.07, 6.45) is -4.95. The fourth-order valence-corrected chi connectivity index (χ4v) is 1.73. The zero-order valence-corrected chi connectivity index (χ0v) is 8.68. The molecule has 0 bridgehead atoms. The smallest absolute Gasteiger partial charge is 0.277 e. The average molecular weight is 232 g/mol. The van der Waals surface area contributed by atoms with E-state index in [4.69, 9.17) is 5.11 Å². The molecule has 86 valence electrons. The van der Waals surface area contributed by atoms with Gasteiger partial charge in [0.2, 0.25) is 0 Å². The molecule has 0 radical (unpaired) electrons. The maximum atomic E-state index is 11.8. The second-order valence-corrected chi connectivity index (χ2v) is 4.56. The summed E-state index contributed by atoms with van der Waals surface area (Å²) in [5.41, 5.74) is 0. The molecule has 1 unspecified atom stereocenters. The molecule has 0 aromatic carbocycles. The van der Waals surface area contributed by atoms with Crippen LogP contribution in [0.2, 0.25) is 0 Å². The van der Waals surface area contributed by atoms with Crippen LogP contribution in [-0.4, -0.2) is 38.6 Å². The second-order valence-electron chi connectivity index (χ2n) is 3.03. The number of hydrogen-bond acceptors (Lipinski definition) is 3. The lowest BCUT2D eigenvalue weighted by Gasteiger charge is -2.13. The molecule has 0 heterocycles. The van der Waals surface area contributed by atoms with Gasteiger partial charge in [-0.05, 0) is 13.8 Å². The van der Waals surface area contributed by atoms with Crippen LogP contribution in [0.3, 0.4) is 0 Å². The van der Waals surface area contributed by atoms with Crippen LogP contribution in [0.25, 0.3) is 0 Å². The summed E-state index contributed by atoms with van der Waals surface area (Å²) >= 11 is 0. The number of aliphatic hydroxyl groups excluding tert-OH is 1. The molecule has 0 saturated carbocycles. The summed E-state index contributed by atoms with van der Waals surface area (Å²) < 4.78 is 49.4. The minimum Gasteiger partial charge on any atom is -0.386 e. The van der Waals surface area contributed by atoms with E-state index in [1.54, 1.807) is 18.6 Å². The van der Waals surface area contributed by atoms with Crippen LogP contribution in [0.4, 0.5) is 8.78 Å². The Morgan fingerprint density at radius 1 is 1.36 bits per heavy atom. The van der Waals surface area contributed by atoms with Crippen LogP contribution in [-0.2, 0) is 10.2 Å². The SMILES string of the molecule is CC(C)NS(=O)(=O)NCC(O)C(F)F. The molecule has 14 heavy (non-hydrogen) atoms. The first-order valence-electron chi connectivity index (χ1n) is 3.97. The molecule has 0 aliphatic rings. The number of aliphatic hydroxyl groups is 1. The average Bonchev–Trinajstić information content (AvgIpc) is 1.97. The first-order chi connectivity index (χ1) is 6.24. The molecule has 5 nitrogen and oxygen atoms in total. The molecule has 0 rings (SSSR count). The molecule has 0 aromatic rings. The third-order valence-corrected chi connectivity index (χ3v) is 2.49. The van der Waals surface area contributed by atoms with Crippen molar-refractivity contribution < 1.29 is 22.3 Å². The van der Waals surface area contributed by atoms with Crippen LogP contribution in [0.5, 0.6) is 0 Å². The fourth-order valence-electron chi connectivity index (χ4n) is 0.636. The Balaban J connectivity index is 4.00. The molecule has 0 aromatic heterocycles. The van der Waals surface area contributed by atoms with Crippen LogP contribution in [0.15, 0.2) is 0 Å². The van der Waals surface area contributed by atoms with Gasteiger partial charge in [-0.1, -0.05) is 0 Å². The number of halogens is 2. The van der Waals surface area contributed by atoms with E-state index in [1.165, 1.54) is 0 Å². The first-order valence-corrected chi connectivity index (χ1v) is 5.46. The lowest BCUT2D eigenvalue weighted by Crippen LogP contribution is -2.44. The Kier molecular flexibility index (Phi) is 5.42. The van der Waals surface area contributed by atoms with Crippen molar-refractivity contribution in [3.05, 3.63) is 0 Å². The normalized spacial score (nSPS) is 15.1. The van der Waals surface area contributed by atoms with Crippen molar-refractivity contribution in [3.8, 4) is 0 Å². The Morgan fingerprint density at radius 2 is 1.86 bits per heavy atom. The largest absolute Gasteiger partial charge is 0.386 e. The minimum absolute atomic E-state index is 0.337. The predicted octanol–water partition coefficient (Wildman–Crippen LogP) is -0.555. The molecule has 0 saturated heterocycles. The van der Waals surface area contributed by atoms with Crippen molar-refractivity contribution in [2.24, 2.45) is 0 Å². The molecule has 0 amide bonds. The minimum atomic E-state index is -3.80. The summed E-state index contributed by atoms with van der Waals surface area (Å²) in [4.78, 5) is 0. The molecule has 0 spiro atoms. The molecular weight excluding hydrogens is 218 g/mol. The highest BCUT2D eigenvalue weighted by Gasteiger charge is 2.19. The fraction of sp³-hybridized carbons (Fsp3) is 1.00. The molecule has 0 fully saturated rings. The summed E-state index contributed by atoms with van der Waals surface area (Å²) in [6.45, 7) is 2.46. The van der Waals surface area contributed by atoms with Crippen LogP contribution in [0.1, 0.15) is 13.8 Å².